The number of nitrogens with zero attached hydrogens (tertiary/aromatic N) is 4. The quantitative estimate of drug-likeness (QED) is 0.460. The lowest BCUT2D eigenvalue weighted by Crippen LogP contribution is -2.23. The van der Waals surface area contributed by atoms with Gasteiger partial charge in [-0.2, -0.15) is 4.68 Å². The van der Waals surface area contributed by atoms with E-state index in [2.05, 4.69) is 15.3 Å². The molecule has 0 unspecified atom stereocenters. The van der Waals surface area contributed by atoms with E-state index in [9.17, 15) is 9.59 Å². The highest BCUT2D eigenvalue weighted by Crippen LogP contribution is 2.22. The molecule has 4 aromatic rings. The van der Waals surface area contributed by atoms with Crippen LogP contribution in [0.4, 0.5) is 0 Å². The van der Waals surface area contributed by atoms with Gasteiger partial charge in [0.05, 0.1) is 0 Å². The SMILES string of the molecule is C[C@H](OC(=O)Cn1nc(-c2ccccc2)oc1=O)c1nnc(-c2ccccc2)o1. The molecule has 2 aromatic heterocycles. The van der Waals surface area contributed by atoms with Gasteiger partial charge in [0.1, 0.15) is 6.54 Å². The minimum Gasteiger partial charge on any atom is -0.451 e. The second-order valence-corrected chi connectivity index (χ2v) is 6.14. The van der Waals surface area contributed by atoms with Crippen molar-refractivity contribution < 1.29 is 18.4 Å². The third-order valence-corrected chi connectivity index (χ3v) is 4.02. The zero-order valence-corrected chi connectivity index (χ0v) is 15.4. The molecule has 0 radical (unpaired) electrons. The van der Waals surface area contributed by atoms with Gasteiger partial charge >= 0.3 is 11.7 Å². The van der Waals surface area contributed by atoms with Crippen molar-refractivity contribution >= 4 is 5.97 Å². The molecular formula is C20H16N4O5. The summed E-state index contributed by atoms with van der Waals surface area (Å²) < 4.78 is 16.8. The lowest BCUT2D eigenvalue weighted by atomic mass is 10.2. The van der Waals surface area contributed by atoms with Crippen molar-refractivity contribution in [2.24, 2.45) is 0 Å². The van der Waals surface area contributed by atoms with Crippen molar-refractivity contribution in [2.75, 3.05) is 0 Å². The summed E-state index contributed by atoms with van der Waals surface area (Å²) in [7, 11) is 0. The molecule has 0 fully saturated rings. The summed E-state index contributed by atoms with van der Waals surface area (Å²) in [6.45, 7) is 1.19. The predicted molar refractivity (Wildman–Crippen MR) is 100 cm³/mol. The Morgan fingerprint density at radius 3 is 2.24 bits per heavy atom. The standard InChI is InChI=1S/C20H16N4O5/c1-13(17-21-22-18(28-17)14-8-4-2-5-9-14)27-16(25)12-24-20(26)29-19(23-24)15-10-6-3-7-11-15/h2-11,13H,12H2,1H3/t13-/m0/s1. The van der Waals surface area contributed by atoms with E-state index >= 15 is 0 Å². The number of carbonyl (C=O) groups is 1. The number of hydrogen-bond acceptors (Lipinski definition) is 8. The monoisotopic (exact) mass is 392 g/mol. The average molecular weight is 392 g/mol. The minimum absolute atomic E-state index is 0.126. The van der Waals surface area contributed by atoms with Gasteiger partial charge in [-0.3, -0.25) is 4.79 Å². The molecule has 0 aliphatic heterocycles. The number of esters is 1. The smallest absolute Gasteiger partial charge is 0.437 e. The van der Waals surface area contributed by atoms with Crippen LogP contribution in [0.15, 0.2) is 74.3 Å². The highest BCUT2D eigenvalue weighted by Gasteiger charge is 2.21. The second-order valence-electron chi connectivity index (χ2n) is 6.14. The highest BCUT2D eigenvalue weighted by molar-refractivity contribution is 5.69. The van der Waals surface area contributed by atoms with Crippen molar-refractivity contribution in [1.82, 2.24) is 20.0 Å². The first kappa shape index (κ1) is 18.4. The van der Waals surface area contributed by atoms with Gasteiger partial charge in [0, 0.05) is 11.1 Å². The van der Waals surface area contributed by atoms with E-state index in [0.717, 1.165) is 10.2 Å². The molecule has 9 nitrogen and oxygen atoms in total. The number of hydrogen-bond donors (Lipinski definition) is 0. The van der Waals surface area contributed by atoms with Gasteiger partial charge in [-0.25, -0.2) is 4.79 Å². The fourth-order valence-corrected chi connectivity index (χ4v) is 2.61. The van der Waals surface area contributed by atoms with Crippen LogP contribution in [-0.4, -0.2) is 25.9 Å². The number of aromatic nitrogens is 4. The molecule has 0 saturated heterocycles. The second kappa shape index (κ2) is 7.93. The van der Waals surface area contributed by atoms with Crippen LogP contribution in [-0.2, 0) is 16.1 Å². The van der Waals surface area contributed by atoms with E-state index in [0.29, 0.717) is 11.5 Å². The zero-order chi connectivity index (χ0) is 20.2. The van der Waals surface area contributed by atoms with Crippen molar-refractivity contribution in [1.29, 1.82) is 0 Å². The van der Waals surface area contributed by atoms with Gasteiger partial charge in [0.15, 0.2) is 6.10 Å². The molecule has 0 amide bonds. The summed E-state index contributed by atoms with van der Waals surface area (Å²) in [6.07, 6.45) is -0.788. The van der Waals surface area contributed by atoms with E-state index in [-0.39, 0.29) is 11.8 Å². The predicted octanol–water partition coefficient (Wildman–Crippen LogP) is 2.86. The topological polar surface area (TPSA) is 113 Å². The Kier molecular flexibility index (Phi) is 5.02. The van der Waals surface area contributed by atoms with E-state index < -0.39 is 24.4 Å². The number of ether oxygens (including phenoxy) is 1. The fraction of sp³-hybridized carbons (Fsp3) is 0.150. The molecular weight excluding hydrogens is 376 g/mol. The van der Waals surface area contributed by atoms with Crippen LogP contribution in [0.3, 0.4) is 0 Å². The van der Waals surface area contributed by atoms with Crippen LogP contribution < -0.4 is 5.76 Å². The van der Waals surface area contributed by atoms with E-state index in [4.69, 9.17) is 13.6 Å². The molecule has 2 aromatic carbocycles. The first-order chi connectivity index (χ1) is 14.1. The first-order valence-electron chi connectivity index (χ1n) is 8.82. The Labute approximate surface area is 164 Å². The van der Waals surface area contributed by atoms with E-state index in [1.807, 2.05) is 36.4 Å². The first-order valence-corrected chi connectivity index (χ1v) is 8.82. The van der Waals surface area contributed by atoms with Gasteiger partial charge < -0.3 is 13.6 Å². The van der Waals surface area contributed by atoms with Gasteiger partial charge in [-0.1, -0.05) is 36.4 Å². The molecule has 9 heteroatoms. The number of rotatable bonds is 6. The van der Waals surface area contributed by atoms with Crippen LogP contribution in [0.2, 0.25) is 0 Å². The Hall–Kier alpha value is -4.01. The highest BCUT2D eigenvalue weighted by atomic mass is 16.6. The molecule has 0 saturated carbocycles. The van der Waals surface area contributed by atoms with Crippen molar-refractivity contribution in [3.8, 4) is 22.9 Å². The van der Waals surface area contributed by atoms with Crippen molar-refractivity contribution in [2.45, 2.75) is 19.6 Å². The van der Waals surface area contributed by atoms with Gasteiger partial charge in [-0.05, 0) is 31.2 Å². The maximum atomic E-state index is 12.2. The lowest BCUT2D eigenvalue weighted by Gasteiger charge is -2.08. The maximum absolute atomic E-state index is 12.2. The average Bonchev–Trinajstić information content (AvgIpc) is 3.37. The van der Waals surface area contributed by atoms with Crippen molar-refractivity contribution in [3.05, 3.63) is 77.1 Å². The summed E-state index contributed by atoms with van der Waals surface area (Å²) in [4.78, 5) is 24.2. The van der Waals surface area contributed by atoms with Crippen LogP contribution in [0, 0.1) is 0 Å². The minimum atomic E-state index is -0.788. The Morgan fingerprint density at radius 1 is 0.966 bits per heavy atom. The lowest BCUT2D eigenvalue weighted by molar-refractivity contribution is -0.150. The molecule has 0 spiro atoms. The molecule has 0 aliphatic rings. The van der Waals surface area contributed by atoms with E-state index in [1.165, 1.54) is 0 Å². The van der Waals surface area contributed by atoms with Gasteiger partial charge in [-0.15, -0.1) is 15.3 Å². The third kappa shape index (κ3) is 4.13. The third-order valence-electron chi connectivity index (χ3n) is 4.02. The normalized spacial score (nSPS) is 11.9. The molecule has 29 heavy (non-hydrogen) atoms. The molecule has 0 bridgehead atoms. The van der Waals surface area contributed by atoms with Gasteiger partial charge in [0.2, 0.25) is 11.8 Å². The molecule has 0 aliphatic carbocycles. The summed E-state index contributed by atoms with van der Waals surface area (Å²) in [5, 5.41) is 11.9. The zero-order valence-electron chi connectivity index (χ0n) is 15.4. The Bertz CT molecular complexity index is 1160. The molecule has 146 valence electrons. The van der Waals surface area contributed by atoms with Gasteiger partial charge in [0.25, 0.3) is 5.89 Å². The molecule has 1 atom stereocenters. The Morgan fingerprint density at radius 2 is 1.59 bits per heavy atom. The van der Waals surface area contributed by atoms with Crippen molar-refractivity contribution in [3.63, 3.8) is 0 Å². The summed E-state index contributed by atoms with van der Waals surface area (Å²) in [5.41, 5.74) is 1.39. The largest absolute Gasteiger partial charge is 0.451 e. The summed E-state index contributed by atoms with van der Waals surface area (Å²) in [6, 6.07) is 18.1. The van der Waals surface area contributed by atoms with Crippen LogP contribution in [0.5, 0.6) is 0 Å². The molecule has 2 heterocycles. The Balaban J connectivity index is 1.42. The number of carbonyl (C=O) groups excluding carboxylic acids is 1. The summed E-state index contributed by atoms with van der Waals surface area (Å²) in [5.74, 6) is -0.844. The van der Waals surface area contributed by atoms with Crippen LogP contribution in [0.25, 0.3) is 22.9 Å². The van der Waals surface area contributed by atoms with Crippen LogP contribution in [0.1, 0.15) is 18.9 Å². The van der Waals surface area contributed by atoms with E-state index in [1.54, 1.807) is 31.2 Å². The van der Waals surface area contributed by atoms with Crippen LogP contribution >= 0.6 is 0 Å². The molecule has 4 rings (SSSR count). The fourth-order valence-electron chi connectivity index (χ4n) is 2.61. The maximum Gasteiger partial charge on any atom is 0.437 e. The molecule has 0 N–H and O–H groups in total. The number of benzene rings is 2. The summed E-state index contributed by atoms with van der Waals surface area (Å²) >= 11 is 0.